The first kappa shape index (κ1) is 23.0. The fraction of sp³-hybridized carbons (Fsp3) is 0.333. The Morgan fingerprint density at radius 1 is 1.07 bits per heavy atom. The van der Waals surface area contributed by atoms with Crippen molar-refractivity contribution in [3.05, 3.63) is 63.4 Å². The maximum absolute atomic E-state index is 13.7. The first-order valence-corrected chi connectivity index (χ1v) is 10.4. The predicted molar refractivity (Wildman–Crippen MR) is 104 cm³/mol. The SMILES string of the molecule is Cc1cc(C)c(S(=O)(=O)NC(C(S)c2ccc(F)c(Cl)c2)C(F)(F)F)c(C)c1. The topological polar surface area (TPSA) is 46.2 Å². The molecule has 0 saturated carbocycles. The molecular formula is C18H18ClF4NO2S2. The molecule has 0 aliphatic carbocycles. The van der Waals surface area contributed by atoms with E-state index >= 15 is 0 Å². The van der Waals surface area contributed by atoms with E-state index in [4.69, 9.17) is 11.6 Å². The van der Waals surface area contributed by atoms with Crippen molar-refractivity contribution >= 4 is 34.3 Å². The van der Waals surface area contributed by atoms with Gasteiger partial charge in [0.2, 0.25) is 10.0 Å². The number of alkyl halides is 3. The van der Waals surface area contributed by atoms with Crippen molar-refractivity contribution in [1.29, 1.82) is 0 Å². The Labute approximate surface area is 171 Å². The molecule has 0 spiro atoms. The van der Waals surface area contributed by atoms with E-state index in [1.54, 1.807) is 23.8 Å². The number of rotatable bonds is 5. The van der Waals surface area contributed by atoms with Crippen LogP contribution in [0.15, 0.2) is 35.2 Å². The minimum atomic E-state index is -4.95. The summed E-state index contributed by atoms with van der Waals surface area (Å²) in [4.78, 5) is -0.218. The second kappa shape index (κ2) is 8.22. The van der Waals surface area contributed by atoms with E-state index in [1.807, 2.05) is 0 Å². The van der Waals surface area contributed by atoms with Crippen molar-refractivity contribution in [3.8, 4) is 0 Å². The lowest BCUT2D eigenvalue weighted by Gasteiger charge is -2.27. The van der Waals surface area contributed by atoms with Crippen molar-refractivity contribution in [1.82, 2.24) is 4.72 Å². The van der Waals surface area contributed by atoms with E-state index in [0.29, 0.717) is 11.1 Å². The van der Waals surface area contributed by atoms with Crippen LogP contribution < -0.4 is 4.72 Å². The van der Waals surface area contributed by atoms with Crippen LogP contribution in [0.1, 0.15) is 27.5 Å². The molecule has 10 heteroatoms. The Morgan fingerprint density at radius 3 is 2.07 bits per heavy atom. The highest BCUT2D eigenvalue weighted by Gasteiger charge is 2.47. The minimum absolute atomic E-state index is 0.0721. The van der Waals surface area contributed by atoms with Crippen LogP contribution >= 0.6 is 24.2 Å². The molecule has 2 atom stereocenters. The smallest absolute Gasteiger partial charge is 0.207 e. The van der Waals surface area contributed by atoms with Gasteiger partial charge in [0.25, 0.3) is 0 Å². The maximum atomic E-state index is 13.7. The van der Waals surface area contributed by atoms with Crippen molar-refractivity contribution in [2.45, 2.75) is 43.1 Å². The first-order chi connectivity index (χ1) is 12.7. The minimum Gasteiger partial charge on any atom is -0.207 e. The fourth-order valence-corrected chi connectivity index (χ4v) is 5.40. The summed E-state index contributed by atoms with van der Waals surface area (Å²) in [5, 5.41) is -2.02. The zero-order valence-corrected chi connectivity index (χ0v) is 17.6. The molecule has 3 nitrogen and oxygen atoms in total. The van der Waals surface area contributed by atoms with Crippen LogP contribution in [-0.2, 0) is 10.0 Å². The number of hydrogen-bond acceptors (Lipinski definition) is 3. The normalized spacial score (nSPS) is 14.8. The van der Waals surface area contributed by atoms with Crippen LogP contribution in [0.25, 0.3) is 0 Å². The Bertz CT molecular complexity index is 971. The average molecular weight is 456 g/mol. The number of hydrogen-bond donors (Lipinski definition) is 2. The third kappa shape index (κ3) is 5.00. The van der Waals surface area contributed by atoms with Gasteiger partial charge in [-0.1, -0.05) is 35.4 Å². The molecule has 2 aromatic rings. The Kier molecular flexibility index (Phi) is 6.75. The molecule has 2 unspecified atom stereocenters. The van der Waals surface area contributed by atoms with E-state index in [-0.39, 0.29) is 15.5 Å². The maximum Gasteiger partial charge on any atom is 0.406 e. The van der Waals surface area contributed by atoms with Gasteiger partial charge in [0, 0.05) is 0 Å². The van der Waals surface area contributed by atoms with E-state index in [1.165, 1.54) is 13.8 Å². The van der Waals surface area contributed by atoms with Crippen molar-refractivity contribution in [3.63, 3.8) is 0 Å². The lowest BCUT2D eigenvalue weighted by molar-refractivity contribution is -0.151. The molecule has 154 valence electrons. The zero-order valence-electron chi connectivity index (χ0n) is 15.1. The van der Waals surface area contributed by atoms with Crippen LogP contribution in [0, 0.1) is 26.6 Å². The molecule has 28 heavy (non-hydrogen) atoms. The summed E-state index contributed by atoms with van der Waals surface area (Å²) >= 11 is 9.59. The van der Waals surface area contributed by atoms with E-state index in [0.717, 1.165) is 23.8 Å². The van der Waals surface area contributed by atoms with Gasteiger partial charge in [-0.25, -0.2) is 12.8 Å². The van der Waals surface area contributed by atoms with Gasteiger partial charge in [-0.3, -0.25) is 0 Å². The van der Waals surface area contributed by atoms with Crippen molar-refractivity contribution in [2.75, 3.05) is 0 Å². The van der Waals surface area contributed by atoms with Crippen LogP contribution in [0.4, 0.5) is 17.6 Å². The molecule has 0 radical (unpaired) electrons. The van der Waals surface area contributed by atoms with Gasteiger partial charge in [0.15, 0.2) is 0 Å². The molecule has 0 amide bonds. The van der Waals surface area contributed by atoms with Gasteiger partial charge in [-0.15, -0.1) is 0 Å². The summed E-state index contributed by atoms with van der Waals surface area (Å²) in [5.41, 5.74) is 1.37. The highest BCUT2D eigenvalue weighted by molar-refractivity contribution is 7.89. The van der Waals surface area contributed by atoms with E-state index in [9.17, 15) is 26.0 Å². The number of sulfonamides is 1. The molecule has 1 N–H and O–H groups in total. The summed E-state index contributed by atoms with van der Waals surface area (Å²) in [7, 11) is -4.52. The number of thiol groups is 1. The number of halogens is 5. The molecule has 0 fully saturated rings. The van der Waals surface area contributed by atoms with Gasteiger partial charge in [0.05, 0.1) is 15.2 Å². The highest BCUT2D eigenvalue weighted by Crippen LogP contribution is 2.37. The second-order valence-corrected chi connectivity index (χ2v) is 9.10. The summed E-state index contributed by atoms with van der Waals surface area (Å²) in [6.07, 6.45) is -4.95. The molecule has 2 aromatic carbocycles. The van der Waals surface area contributed by atoms with Crippen LogP contribution in [-0.4, -0.2) is 20.6 Å². The average Bonchev–Trinajstić information content (AvgIpc) is 2.52. The van der Waals surface area contributed by atoms with Gasteiger partial charge in [0.1, 0.15) is 11.9 Å². The predicted octanol–water partition coefficient (Wildman–Crippen LogP) is 5.28. The monoisotopic (exact) mass is 455 g/mol. The molecular weight excluding hydrogens is 438 g/mol. The Hall–Kier alpha value is -1.29. The summed E-state index contributed by atoms with van der Waals surface area (Å²) < 4.78 is 81.6. The van der Waals surface area contributed by atoms with Crippen molar-refractivity contribution in [2.24, 2.45) is 0 Å². The molecule has 0 aliphatic heterocycles. The lowest BCUT2D eigenvalue weighted by atomic mass is 10.1. The van der Waals surface area contributed by atoms with Crippen molar-refractivity contribution < 1.29 is 26.0 Å². The molecule has 2 rings (SSSR count). The van der Waals surface area contributed by atoms with Gasteiger partial charge < -0.3 is 0 Å². The standard InChI is InChI=1S/C18H18ClF4NO2S2/c1-9-6-10(2)16(11(3)7-9)28(25,26)24-17(18(21,22)23)15(27)12-4-5-14(20)13(19)8-12/h4-8,15,17,24,27H,1-3H3. The summed E-state index contributed by atoms with van der Waals surface area (Å²) in [6.45, 7) is 4.77. The Morgan fingerprint density at radius 2 is 1.61 bits per heavy atom. The quantitative estimate of drug-likeness (QED) is 0.475. The fourth-order valence-electron chi connectivity index (χ4n) is 3.02. The van der Waals surface area contributed by atoms with E-state index < -0.39 is 33.3 Å². The van der Waals surface area contributed by atoms with E-state index in [2.05, 4.69) is 12.6 Å². The van der Waals surface area contributed by atoms with Gasteiger partial charge >= 0.3 is 6.18 Å². The molecule has 0 heterocycles. The number of aryl methyl sites for hydroxylation is 3. The third-order valence-corrected chi connectivity index (χ3v) is 6.74. The zero-order chi connectivity index (χ0) is 21.4. The van der Waals surface area contributed by atoms with Crippen LogP contribution in [0.5, 0.6) is 0 Å². The van der Waals surface area contributed by atoms with Crippen LogP contribution in [0.2, 0.25) is 5.02 Å². The molecule has 0 bridgehead atoms. The number of benzene rings is 2. The van der Waals surface area contributed by atoms with Gasteiger partial charge in [-0.2, -0.15) is 30.5 Å². The largest absolute Gasteiger partial charge is 0.406 e. The summed E-state index contributed by atoms with van der Waals surface area (Å²) in [5.74, 6) is -0.805. The summed E-state index contributed by atoms with van der Waals surface area (Å²) in [6, 6.07) is 3.56. The van der Waals surface area contributed by atoms with Gasteiger partial charge in [-0.05, 0) is 49.6 Å². The Balaban J connectivity index is 2.49. The van der Waals surface area contributed by atoms with Crippen LogP contribution in [0.3, 0.4) is 0 Å². The number of nitrogens with one attached hydrogen (secondary N) is 1. The second-order valence-electron chi connectivity index (χ2n) is 6.49. The molecule has 0 aliphatic rings. The highest BCUT2D eigenvalue weighted by atomic mass is 35.5. The molecule has 0 saturated heterocycles. The third-order valence-electron chi connectivity index (χ3n) is 4.11. The molecule has 0 aromatic heterocycles. The lowest BCUT2D eigenvalue weighted by Crippen LogP contribution is -2.48. The first-order valence-electron chi connectivity index (χ1n) is 8.04.